The number of benzene rings is 2. The summed E-state index contributed by atoms with van der Waals surface area (Å²) in [5.41, 5.74) is 8.20. The van der Waals surface area contributed by atoms with Crippen LogP contribution < -0.4 is 5.73 Å². The molecule has 2 N–H and O–H groups in total. The van der Waals surface area contributed by atoms with Crippen molar-refractivity contribution in [2.24, 2.45) is 11.7 Å². The molecule has 0 aliphatic heterocycles. The van der Waals surface area contributed by atoms with Crippen molar-refractivity contribution >= 4 is 17.5 Å². The SMILES string of the molecule is NC(=O)C(c1ccc(F)cc1F)(c1c2c(nn1-c1ccc(Cl)cc1)CCCC2)C1CCCCC1. The molecule has 3 aromatic rings. The zero-order valence-electron chi connectivity index (χ0n) is 19.0. The molecule has 1 amide bonds. The van der Waals surface area contributed by atoms with E-state index >= 15 is 4.39 Å². The van der Waals surface area contributed by atoms with Crippen molar-refractivity contribution in [3.8, 4) is 5.69 Å². The van der Waals surface area contributed by atoms with Gasteiger partial charge in [-0.25, -0.2) is 13.5 Å². The van der Waals surface area contributed by atoms with Crippen LogP contribution in [0.2, 0.25) is 5.02 Å². The van der Waals surface area contributed by atoms with Gasteiger partial charge in [0.2, 0.25) is 5.91 Å². The molecule has 1 atom stereocenters. The summed E-state index contributed by atoms with van der Waals surface area (Å²) in [6.45, 7) is 0. The van der Waals surface area contributed by atoms with E-state index in [1.807, 2.05) is 12.1 Å². The van der Waals surface area contributed by atoms with Crippen molar-refractivity contribution in [3.05, 3.63) is 81.6 Å². The van der Waals surface area contributed by atoms with Crippen LogP contribution in [-0.2, 0) is 23.1 Å². The standard InChI is InChI=1S/C27H28ClF2N3O/c28-18-10-13-20(14-11-18)33-25(21-8-4-5-9-24(21)32-33)27(26(31)34,17-6-2-1-3-7-17)22-15-12-19(29)16-23(22)30/h10-17H,1-9H2,(H2,31,34). The topological polar surface area (TPSA) is 60.9 Å². The summed E-state index contributed by atoms with van der Waals surface area (Å²) in [5.74, 6) is -2.27. The van der Waals surface area contributed by atoms with Gasteiger partial charge in [0.15, 0.2) is 0 Å². The molecule has 1 aromatic heterocycles. The van der Waals surface area contributed by atoms with Crippen LogP contribution in [0.15, 0.2) is 42.5 Å². The van der Waals surface area contributed by atoms with Gasteiger partial charge in [-0.2, -0.15) is 5.10 Å². The van der Waals surface area contributed by atoms with Crippen LogP contribution >= 0.6 is 11.6 Å². The lowest BCUT2D eigenvalue weighted by Gasteiger charge is -2.42. The first-order chi connectivity index (χ1) is 16.4. The molecule has 2 aliphatic rings. The molecular formula is C27H28ClF2N3O. The molecule has 178 valence electrons. The number of nitrogens with zero attached hydrogens (tertiary/aromatic N) is 2. The zero-order valence-corrected chi connectivity index (χ0v) is 19.8. The molecule has 1 fully saturated rings. The Bertz CT molecular complexity index is 1220. The number of aryl methyl sites for hydroxylation is 1. The molecule has 5 rings (SSSR count). The van der Waals surface area contributed by atoms with Gasteiger partial charge >= 0.3 is 0 Å². The molecule has 7 heteroatoms. The number of rotatable bonds is 5. The number of carbonyl (C=O) groups is 1. The second-order valence-corrected chi connectivity index (χ2v) is 9.94. The number of halogens is 3. The number of hydrogen-bond acceptors (Lipinski definition) is 2. The van der Waals surface area contributed by atoms with E-state index in [1.165, 1.54) is 12.1 Å². The van der Waals surface area contributed by atoms with E-state index in [1.54, 1.807) is 16.8 Å². The van der Waals surface area contributed by atoms with Crippen molar-refractivity contribution in [1.82, 2.24) is 9.78 Å². The molecular weight excluding hydrogens is 456 g/mol. The molecule has 34 heavy (non-hydrogen) atoms. The third-order valence-corrected chi connectivity index (χ3v) is 7.82. The smallest absolute Gasteiger partial charge is 0.234 e. The first-order valence-corrected chi connectivity index (χ1v) is 12.4. The molecule has 0 spiro atoms. The van der Waals surface area contributed by atoms with Crippen molar-refractivity contribution in [3.63, 3.8) is 0 Å². The fourth-order valence-electron chi connectivity index (χ4n) is 6.06. The van der Waals surface area contributed by atoms with Crippen LogP contribution in [0.25, 0.3) is 5.69 Å². The highest BCUT2D eigenvalue weighted by Crippen LogP contribution is 2.49. The second kappa shape index (κ2) is 9.14. The zero-order chi connectivity index (χ0) is 23.9. The first-order valence-electron chi connectivity index (χ1n) is 12.1. The van der Waals surface area contributed by atoms with Crippen molar-refractivity contribution in [1.29, 1.82) is 0 Å². The number of aromatic nitrogens is 2. The van der Waals surface area contributed by atoms with Crippen LogP contribution in [0.4, 0.5) is 8.78 Å². The predicted molar refractivity (Wildman–Crippen MR) is 128 cm³/mol. The Labute approximate surface area is 203 Å². The van der Waals surface area contributed by atoms with Gasteiger partial charge in [0, 0.05) is 16.7 Å². The fourth-order valence-corrected chi connectivity index (χ4v) is 6.19. The summed E-state index contributed by atoms with van der Waals surface area (Å²) in [4.78, 5) is 13.7. The Morgan fingerprint density at radius 1 is 1.00 bits per heavy atom. The number of carbonyl (C=O) groups excluding carboxylic acids is 1. The molecule has 1 saturated carbocycles. The molecule has 0 radical (unpaired) electrons. The van der Waals surface area contributed by atoms with Gasteiger partial charge < -0.3 is 5.73 Å². The monoisotopic (exact) mass is 483 g/mol. The normalized spacial score (nSPS) is 18.3. The average Bonchev–Trinajstić information content (AvgIpc) is 3.22. The molecule has 0 saturated heterocycles. The highest BCUT2D eigenvalue weighted by Gasteiger charge is 2.53. The van der Waals surface area contributed by atoms with E-state index in [9.17, 15) is 9.18 Å². The van der Waals surface area contributed by atoms with E-state index in [-0.39, 0.29) is 11.5 Å². The van der Waals surface area contributed by atoms with E-state index in [0.717, 1.165) is 80.8 Å². The number of fused-ring (bicyclic) bond motifs is 1. The first kappa shape index (κ1) is 23.0. The Hall–Kier alpha value is -2.73. The quantitative estimate of drug-likeness (QED) is 0.481. The average molecular weight is 484 g/mol. The van der Waals surface area contributed by atoms with Gasteiger partial charge in [-0.1, -0.05) is 36.9 Å². The van der Waals surface area contributed by atoms with Crippen molar-refractivity contribution in [2.45, 2.75) is 63.2 Å². The number of amides is 1. The largest absolute Gasteiger partial charge is 0.369 e. The van der Waals surface area contributed by atoms with Crippen molar-refractivity contribution in [2.75, 3.05) is 0 Å². The van der Waals surface area contributed by atoms with Gasteiger partial charge in [0.1, 0.15) is 17.0 Å². The lowest BCUT2D eigenvalue weighted by Crippen LogP contribution is -2.51. The third kappa shape index (κ3) is 3.72. The summed E-state index contributed by atoms with van der Waals surface area (Å²) in [7, 11) is 0. The van der Waals surface area contributed by atoms with Crippen LogP contribution in [0.3, 0.4) is 0 Å². The van der Waals surface area contributed by atoms with Gasteiger partial charge in [-0.3, -0.25) is 4.79 Å². The molecule has 0 bridgehead atoms. The lowest BCUT2D eigenvalue weighted by atomic mass is 9.61. The minimum Gasteiger partial charge on any atom is -0.369 e. The Morgan fingerprint density at radius 3 is 2.38 bits per heavy atom. The van der Waals surface area contributed by atoms with Gasteiger partial charge in [-0.15, -0.1) is 0 Å². The third-order valence-electron chi connectivity index (χ3n) is 7.56. The summed E-state index contributed by atoms with van der Waals surface area (Å²) in [5, 5.41) is 5.52. The predicted octanol–water partition coefficient (Wildman–Crippen LogP) is 6.03. The summed E-state index contributed by atoms with van der Waals surface area (Å²) in [6.07, 6.45) is 7.88. The maximum atomic E-state index is 15.6. The number of primary amides is 1. The van der Waals surface area contributed by atoms with Crippen LogP contribution in [0.1, 0.15) is 67.5 Å². The Kier molecular flexibility index (Phi) is 6.19. The number of hydrogen-bond donors (Lipinski definition) is 1. The number of nitrogens with two attached hydrogens (primary N) is 1. The molecule has 2 aromatic carbocycles. The van der Waals surface area contributed by atoms with Crippen LogP contribution in [0.5, 0.6) is 0 Å². The molecule has 4 nitrogen and oxygen atoms in total. The maximum Gasteiger partial charge on any atom is 0.234 e. The van der Waals surface area contributed by atoms with Crippen LogP contribution in [0, 0.1) is 17.6 Å². The van der Waals surface area contributed by atoms with E-state index < -0.39 is 23.0 Å². The summed E-state index contributed by atoms with van der Waals surface area (Å²) in [6, 6.07) is 10.7. The van der Waals surface area contributed by atoms with Gasteiger partial charge in [0.25, 0.3) is 0 Å². The maximum absolute atomic E-state index is 15.6. The lowest BCUT2D eigenvalue weighted by molar-refractivity contribution is -0.124. The minimum atomic E-state index is -1.46. The van der Waals surface area contributed by atoms with Crippen LogP contribution in [-0.4, -0.2) is 15.7 Å². The Morgan fingerprint density at radius 2 is 1.71 bits per heavy atom. The van der Waals surface area contributed by atoms with E-state index in [2.05, 4.69) is 0 Å². The van der Waals surface area contributed by atoms with Gasteiger partial charge in [-0.05, 0) is 80.3 Å². The highest BCUT2D eigenvalue weighted by atomic mass is 35.5. The summed E-state index contributed by atoms with van der Waals surface area (Å²) >= 11 is 6.14. The molecule has 1 heterocycles. The van der Waals surface area contributed by atoms with E-state index in [4.69, 9.17) is 22.4 Å². The van der Waals surface area contributed by atoms with Crippen molar-refractivity contribution < 1.29 is 13.6 Å². The highest BCUT2D eigenvalue weighted by molar-refractivity contribution is 6.30. The second-order valence-electron chi connectivity index (χ2n) is 9.50. The van der Waals surface area contributed by atoms with Gasteiger partial charge in [0.05, 0.1) is 17.1 Å². The van der Waals surface area contributed by atoms with E-state index in [0.29, 0.717) is 10.7 Å². The summed E-state index contributed by atoms with van der Waals surface area (Å²) < 4.78 is 31.3. The Balaban J connectivity index is 1.87. The fraction of sp³-hybridized carbons (Fsp3) is 0.407. The minimum absolute atomic E-state index is 0.136. The molecule has 2 aliphatic carbocycles. The molecule has 1 unspecified atom stereocenters.